The van der Waals surface area contributed by atoms with Gasteiger partial charge in [0, 0.05) is 16.8 Å². The van der Waals surface area contributed by atoms with Crippen LogP contribution in [-0.4, -0.2) is 11.7 Å². The van der Waals surface area contributed by atoms with Gasteiger partial charge in [-0.25, -0.2) is 0 Å². The summed E-state index contributed by atoms with van der Waals surface area (Å²) in [5.41, 5.74) is 8.67. The molecule has 0 saturated carbocycles. The van der Waals surface area contributed by atoms with Crippen molar-refractivity contribution in [2.75, 3.05) is 11.1 Å². The van der Waals surface area contributed by atoms with Gasteiger partial charge in [-0.2, -0.15) is 0 Å². The Morgan fingerprint density at radius 1 is 1.15 bits per heavy atom. The molecule has 0 aromatic heterocycles. The Balaban J connectivity index is 1.97. The summed E-state index contributed by atoms with van der Waals surface area (Å²) in [5.74, 6) is -0.200. The maximum atomic E-state index is 12.4. The number of halogens is 1. The highest BCUT2D eigenvalue weighted by molar-refractivity contribution is 6.33. The van der Waals surface area contributed by atoms with E-state index < -0.39 is 0 Å². The second-order valence-electron chi connectivity index (χ2n) is 4.66. The number of amides is 1. The van der Waals surface area contributed by atoms with Crippen LogP contribution in [0.2, 0.25) is 5.02 Å². The molecular weight excluding hydrogens is 276 g/mol. The molecule has 0 saturated heterocycles. The van der Waals surface area contributed by atoms with Crippen LogP contribution in [0.3, 0.4) is 0 Å². The first-order valence-electron chi connectivity index (χ1n) is 6.07. The molecule has 3 rings (SSSR count). The molecule has 1 heterocycles. The molecule has 2 aromatic carbocycles. The van der Waals surface area contributed by atoms with Crippen LogP contribution < -0.4 is 11.1 Å². The summed E-state index contributed by atoms with van der Waals surface area (Å²) in [6.45, 7) is 0. The molecule has 0 spiro atoms. The lowest BCUT2D eigenvalue weighted by molar-refractivity contribution is -0.115. The van der Waals surface area contributed by atoms with Crippen molar-refractivity contribution in [3.8, 4) is 0 Å². The van der Waals surface area contributed by atoms with Gasteiger partial charge in [0.2, 0.25) is 5.91 Å². The lowest BCUT2D eigenvalue weighted by atomic mass is 10.00. The van der Waals surface area contributed by atoms with Gasteiger partial charge in [-0.15, -0.1) is 0 Å². The van der Waals surface area contributed by atoms with Gasteiger partial charge >= 0.3 is 0 Å². The molecule has 0 aliphatic carbocycles. The summed E-state index contributed by atoms with van der Waals surface area (Å²) < 4.78 is 0. The normalized spacial score (nSPS) is 12.9. The average Bonchev–Trinajstić information content (AvgIpc) is 2.80. The number of rotatable bonds is 2. The molecule has 0 atom stereocenters. The van der Waals surface area contributed by atoms with Gasteiger partial charge in [0.25, 0.3) is 0 Å². The summed E-state index contributed by atoms with van der Waals surface area (Å²) >= 11 is 5.93. The van der Waals surface area contributed by atoms with Crippen LogP contribution in [0.4, 0.5) is 11.4 Å². The van der Waals surface area contributed by atoms with Crippen molar-refractivity contribution in [2.45, 2.75) is 6.42 Å². The Labute approximate surface area is 120 Å². The molecule has 0 radical (unpaired) electrons. The third-order valence-corrected chi connectivity index (χ3v) is 3.58. The number of ketones is 1. The summed E-state index contributed by atoms with van der Waals surface area (Å²) in [6.07, 6.45) is 0.305. The van der Waals surface area contributed by atoms with Crippen molar-refractivity contribution in [2.24, 2.45) is 0 Å². The van der Waals surface area contributed by atoms with Crippen molar-refractivity contribution in [3.05, 3.63) is 58.1 Å². The highest BCUT2D eigenvalue weighted by Gasteiger charge is 2.19. The zero-order chi connectivity index (χ0) is 14.3. The smallest absolute Gasteiger partial charge is 0.228 e. The minimum atomic E-state index is -0.144. The monoisotopic (exact) mass is 286 g/mol. The fourth-order valence-corrected chi connectivity index (χ4v) is 2.39. The predicted octanol–water partition coefficient (Wildman–Crippen LogP) is 2.65. The number of carbonyl (C=O) groups excluding carboxylic acids is 2. The Bertz CT molecular complexity index is 741. The Morgan fingerprint density at radius 3 is 2.60 bits per heavy atom. The number of hydrogen-bond acceptors (Lipinski definition) is 3. The van der Waals surface area contributed by atoms with E-state index in [1.165, 1.54) is 0 Å². The minimum Gasteiger partial charge on any atom is -0.398 e. The second kappa shape index (κ2) is 4.65. The molecular formula is C15H11ClN2O2. The molecule has 1 aliphatic rings. The van der Waals surface area contributed by atoms with Gasteiger partial charge < -0.3 is 11.1 Å². The van der Waals surface area contributed by atoms with E-state index in [4.69, 9.17) is 17.3 Å². The standard InChI is InChI=1S/C15H11ClN2O2/c16-11-6-9(1-3-12(11)17)15(20)8-2-4-13-10(5-8)7-14(19)18-13/h1-6H,7,17H2,(H,18,19). The van der Waals surface area contributed by atoms with Crippen LogP contribution in [-0.2, 0) is 11.2 Å². The van der Waals surface area contributed by atoms with E-state index in [0.717, 1.165) is 11.3 Å². The SMILES string of the molecule is Nc1ccc(C(=O)c2ccc3c(c2)CC(=O)N3)cc1Cl. The third-order valence-electron chi connectivity index (χ3n) is 3.26. The Kier molecular flexibility index (Phi) is 2.95. The second-order valence-corrected chi connectivity index (χ2v) is 5.07. The summed E-state index contributed by atoms with van der Waals surface area (Å²) in [7, 11) is 0. The van der Waals surface area contributed by atoms with Gasteiger partial charge in [0.15, 0.2) is 5.78 Å². The fraction of sp³-hybridized carbons (Fsp3) is 0.0667. The summed E-state index contributed by atoms with van der Waals surface area (Å²) in [6, 6.07) is 9.97. The first-order valence-corrected chi connectivity index (χ1v) is 6.45. The first-order chi connectivity index (χ1) is 9.54. The average molecular weight is 287 g/mol. The van der Waals surface area contributed by atoms with E-state index in [-0.39, 0.29) is 11.7 Å². The maximum absolute atomic E-state index is 12.4. The van der Waals surface area contributed by atoms with Crippen molar-refractivity contribution in [3.63, 3.8) is 0 Å². The zero-order valence-corrected chi connectivity index (χ0v) is 11.2. The lowest BCUT2D eigenvalue weighted by Crippen LogP contribution is -2.03. The number of nitrogen functional groups attached to an aromatic ring is 1. The lowest BCUT2D eigenvalue weighted by Gasteiger charge is -2.05. The van der Waals surface area contributed by atoms with E-state index in [2.05, 4.69) is 5.32 Å². The summed E-state index contributed by atoms with van der Waals surface area (Å²) in [5, 5.41) is 3.09. The number of fused-ring (bicyclic) bond motifs is 1. The molecule has 1 amide bonds. The number of nitrogens with one attached hydrogen (secondary N) is 1. The van der Waals surface area contributed by atoms with Gasteiger partial charge in [0.1, 0.15) is 0 Å². The molecule has 0 fully saturated rings. The molecule has 5 heteroatoms. The van der Waals surface area contributed by atoms with Crippen molar-refractivity contribution in [1.29, 1.82) is 0 Å². The molecule has 4 nitrogen and oxygen atoms in total. The van der Waals surface area contributed by atoms with Crippen molar-refractivity contribution >= 4 is 34.7 Å². The predicted molar refractivity (Wildman–Crippen MR) is 78.1 cm³/mol. The van der Waals surface area contributed by atoms with E-state index >= 15 is 0 Å². The van der Waals surface area contributed by atoms with Crippen LogP contribution in [0, 0.1) is 0 Å². The van der Waals surface area contributed by atoms with Crippen LogP contribution in [0.25, 0.3) is 0 Å². The molecule has 2 aromatic rings. The maximum Gasteiger partial charge on any atom is 0.228 e. The Hall–Kier alpha value is -2.33. The third kappa shape index (κ3) is 2.14. The quantitative estimate of drug-likeness (QED) is 0.658. The van der Waals surface area contributed by atoms with Gasteiger partial charge in [-0.3, -0.25) is 9.59 Å². The molecule has 100 valence electrons. The molecule has 1 aliphatic heterocycles. The van der Waals surface area contributed by atoms with Gasteiger partial charge in [-0.05, 0) is 42.0 Å². The molecule has 20 heavy (non-hydrogen) atoms. The Morgan fingerprint density at radius 2 is 1.85 bits per heavy atom. The minimum absolute atomic E-state index is 0.0554. The number of benzene rings is 2. The molecule has 0 bridgehead atoms. The highest BCUT2D eigenvalue weighted by atomic mass is 35.5. The number of anilines is 2. The van der Waals surface area contributed by atoms with E-state index in [0.29, 0.717) is 28.3 Å². The van der Waals surface area contributed by atoms with Crippen LogP contribution in [0.5, 0.6) is 0 Å². The summed E-state index contributed by atoms with van der Waals surface area (Å²) in [4.78, 5) is 23.7. The van der Waals surface area contributed by atoms with Crippen LogP contribution in [0.15, 0.2) is 36.4 Å². The fourth-order valence-electron chi connectivity index (χ4n) is 2.21. The first kappa shape index (κ1) is 12.7. The van der Waals surface area contributed by atoms with Gasteiger partial charge in [0.05, 0.1) is 17.1 Å². The van der Waals surface area contributed by atoms with Crippen LogP contribution >= 0.6 is 11.6 Å². The van der Waals surface area contributed by atoms with Crippen LogP contribution in [0.1, 0.15) is 21.5 Å². The van der Waals surface area contributed by atoms with E-state index in [9.17, 15) is 9.59 Å². The topological polar surface area (TPSA) is 72.2 Å². The van der Waals surface area contributed by atoms with Gasteiger partial charge in [-0.1, -0.05) is 11.6 Å². The number of carbonyl (C=O) groups is 2. The van der Waals surface area contributed by atoms with Crippen molar-refractivity contribution in [1.82, 2.24) is 0 Å². The van der Waals surface area contributed by atoms with E-state index in [1.54, 1.807) is 36.4 Å². The van der Waals surface area contributed by atoms with E-state index in [1.807, 2.05) is 0 Å². The van der Waals surface area contributed by atoms with Crippen molar-refractivity contribution < 1.29 is 9.59 Å². The zero-order valence-electron chi connectivity index (χ0n) is 10.4. The number of nitrogens with two attached hydrogens (primary N) is 1. The highest BCUT2D eigenvalue weighted by Crippen LogP contribution is 2.26. The molecule has 0 unspecified atom stereocenters. The largest absolute Gasteiger partial charge is 0.398 e. The molecule has 3 N–H and O–H groups in total. The number of hydrogen-bond donors (Lipinski definition) is 2.